The van der Waals surface area contributed by atoms with Crippen LogP contribution < -0.4 is 5.32 Å². The van der Waals surface area contributed by atoms with Crippen LogP contribution in [0, 0.1) is 5.41 Å². The average molecular weight is 481 g/mol. The van der Waals surface area contributed by atoms with Crippen LogP contribution in [-0.2, 0) is 14.3 Å². The number of alkyl carbamates (subject to hydrolysis) is 1. The van der Waals surface area contributed by atoms with Crippen molar-refractivity contribution in [3.05, 3.63) is 59.7 Å². The number of hydrogen-bond acceptors (Lipinski definition) is 4. The number of nitrogens with zero attached hydrogens (tertiary/aromatic N) is 1. The zero-order chi connectivity index (χ0) is 26.0. The van der Waals surface area contributed by atoms with Gasteiger partial charge >= 0.3 is 12.1 Å². The summed E-state index contributed by atoms with van der Waals surface area (Å²) in [6.07, 6.45) is 0.335. The zero-order valence-corrected chi connectivity index (χ0v) is 21.4. The van der Waals surface area contributed by atoms with E-state index in [1.165, 1.54) is 25.8 Å². The number of nitrogens with one attached hydrogen (secondary N) is 1. The monoisotopic (exact) mass is 480 g/mol. The quantitative estimate of drug-likeness (QED) is 0.552. The Morgan fingerprint density at radius 1 is 0.971 bits per heavy atom. The van der Waals surface area contributed by atoms with Gasteiger partial charge in [0.05, 0.1) is 0 Å². The molecule has 0 fully saturated rings. The van der Waals surface area contributed by atoms with Crippen LogP contribution in [0.5, 0.6) is 0 Å². The number of carbonyl (C=O) groups excluding carboxylic acids is 2. The molecule has 0 heterocycles. The largest absolute Gasteiger partial charge is 0.480 e. The van der Waals surface area contributed by atoms with Crippen molar-refractivity contribution in [3.8, 4) is 11.1 Å². The maximum atomic E-state index is 13.2. The Kier molecular flexibility index (Phi) is 7.58. The van der Waals surface area contributed by atoms with Gasteiger partial charge in [0.1, 0.15) is 18.2 Å². The molecular formula is C28H36N2O5. The van der Waals surface area contributed by atoms with E-state index in [0.29, 0.717) is 12.8 Å². The van der Waals surface area contributed by atoms with Crippen molar-refractivity contribution in [2.75, 3.05) is 13.7 Å². The Balaban J connectivity index is 1.73. The van der Waals surface area contributed by atoms with Crippen LogP contribution in [0.2, 0.25) is 0 Å². The van der Waals surface area contributed by atoms with Crippen LogP contribution in [0.1, 0.15) is 64.5 Å². The van der Waals surface area contributed by atoms with Gasteiger partial charge in [0.2, 0.25) is 5.91 Å². The molecular weight excluding hydrogens is 444 g/mol. The summed E-state index contributed by atoms with van der Waals surface area (Å²) < 4.78 is 5.63. The van der Waals surface area contributed by atoms with Gasteiger partial charge in [0.25, 0.3) is 0 Å². The van der Waals surface area contributed by atoms with Crippen LogP contribution in [0.4, 0.5) is 4.79 Å². The fourth-order valence-corrected chi connectivity index (χ4v) is 4.27. The first-order valence-corrected chi connectivity index (χ1v) is 12.0. The summed E-state index contributed by atoms with van der Waals surface area (Å²) >= 11 is 0. The molecule has 2 aromatic carbocycles. The number of carboxylic acids is 1. The van der Waals surface area contributed by atoms with E-state index in [0.717, 1.165) is 22.3 Å². The van der Waals surface area contributed by atoms with E-state index in [1.807, 2.05) is 57.2 Å². The van der Waals surface area contributed by atoms with Gasteiger partial charge < -0.3 is 20.1 Å². The lowest BCUT2D eigenvalue weighted by Gasteiger charge is -2.35. The first kappa shape index (κ1) is 26.3. The molecule has 3 rings (SSSR count). The van der Waals surface area contributed by atoms with E-state index < -0.39 is 29.6 Å². The number of carbonyl (C=O) groups is 3. The predicted octanol–water partition coefficient (Wildman–Crippen LogP) is 5.04. The lowest BCUT2D eigenvalue weighted by atomic mass is 9.88. The van der Waals surface area contributed by atoms with Crippen LogP contribution in [-0.4, -0.2) is 53.2 Å². The highest BCUT2D eigenvalue weighted by Gasteiger charge is 2.39. The summed E-state index contributed by atoms with van der Waals surface area (Å²) in [6, 6.07) is 15.2. The first-order valence-electron chi connectivity index (χ1n) is 12.0. The number of amides is 2. The maximum Gasteiger partial charge on any atom is 0.407 e. The van der Waals surface area contributed by atoms with Gasteiger partial charge in [-0.1, -0.05) is 69.3 Å². The summed E-state index contributed by atoms with van der Waals surface area (Å²) in [7, 11) is 1.44. The van der Waals surface area contributed by atoms with E-state index in [-0.39, 0.29) is 17.9 Å². The number of likely N-dealkylation sites (N-methyl/N-ethyl adjacent to an activating group) is 1. The van der Waals surface area contributed by atoms with Crippen molar-refractivity contribution in [2.24, 2.45) is 5.41 Å². The van der Waals surface area contributed by atoms with Gasteiger partial charge in [0.15, 0.2) is 0 Å². The molecule has 2 N–H and O–H groups in total. The summed E-state index contributed by atoms with van der Waals surface area (Å²) in [5, 5.41) is 12.3. The lowest BCUT2D eigenvalue weighted by Crippen LogP contribution is -2.57. The maximum absolute atomic E-state index is 13.2. The minimum Gasteiger partial charge on any atom is -0.480 e. The second-order valence-electron chi connectivity index (χ2n) is 10.9. The van der Waals surface area contributed by atoms with Gasteiger partial charge in [-0.3, -0.25) is 4.79 Å². The van der Waals surface area contributed by atoms with E-state index in [2.05, 4.69) is 17.4 Å². The van der Waals surface area contributed by atoms with Crippen molar-refractivity contribution < 1.29 is 24.2 Å². The topological polar surface area (TPSA) is 95.9 Å². The molecule has 1 aliphatic carbocycles. The molecule has 0 aromatic heterocycles. The van der Waals surface area contributed by atoms with E-state index in [9.17, 15) is 19.5 Å². The van der Waals surface area contributed by atoms with Gasteiger partial charge in [-0.2, -0.15) is 0 Å². The van der Waals surface area contributed by atoms with Gasteiger partial charge in [-0.15, -0.1) is 0 Å². The predicted molar refractivity (Wildman–Crippen MR) is 135 cm³/mol. The number of benzene rings is 2. The summed E-state index contributed by atoms with van der Waals surface area (Å²) in [5.74, 6) is -1.68. The van der Waals surface area contributed by atoms with Crippen molar-refractivity contribution in [3.63, 3.8) is 0 Å². The summed E-state index contributed by atoms with van der Waals surface area (Å²) in [6.45, 7) is 9.20. The highest BCUT2D eigenvalue weighted by molar-refractivity contribution is 5.90. The molecule has 0 bridgehead atoms. The van der Waals surface area contributed by atoms with Crippen molar-refractivity contribution in [1.29, 1.82) is 0 Å². The molecule has 35 heavy (non-hydrogen) atoms. The normalized spacial score (nSPS) is 14.0. The molecule has 188 valence electrons. The number of hydrogen-bond donors (Lipinski definition) is 2. The van der Waals surface area contributed by atoms with Crippen LogP contribution >= 0.6 is 0 Å². The molecule has 0 saturated heterocycles. The van der Waals surface area contributed by atoms with E-state index >= 15 is 0 Å². The highest BCUT2D eigenvalue weighted by Crippen LogP contribution is 2.44. The molecule has 7 nitrogen and oxygen atoms in total. The third kappa shape index (κ3) is 5.84. The van der Waals surface area contributed by atoms with E-state index in [4.69, 9.17) is 4.74 Å². The average Bonchev–Trinajstić information content (AvgIpc) is 3.12. The molecule has 1 atom stereocenters. The van der Waals surface area contributed by atoms with Crippen molar-refractivity contribution >= 4 is 18.0 Å². The Bertz CT molecular complexity index is 1060. The fraction of sp³-hybridized carbons (Fsp3) is 0.464. The van der Waals surface area contributed by atoms with Gasteiger partial charge in [-0.05, 0) is 54.4 Å². The Morgan fingerprint density at radius 2 is 1.49 bits per heavy atom. The Morgan fingerprint density at radius 3 is 1.97 bits per heavy atom. The van der Waals surface area contributed by atoms with E-state index in [1.54, 1.807) is 0 Å². The molecule has 0 spiro atoms. The van der Waals surface area contributed by atoms with Crippen molar-refractivity contribution in [1.82, 2.24) is 10.2 Å². The Labute approximate surface area is 207 Å². The standard InChI is InChI=1S/C28H36N2O5/c1-27(2,3)16-15-23(24(31)30(6)28(4,5)25(32)33)29-26(34)35-17-22-20-13-9-7-11-18(20)19-12-8-10-14-21(19)22/h7-14,22-23H,15-17H2,1-6H3,(H,29,34)(H,32,33). The van der Waals surface area contributed by atoms with Crippen LogP contribution in [0.3, 0.4) is 0 Å². The SMILES string of the molecule is CN(C(=O)C(CCC(C)(C)C)NC(=O)OCC1c2ccccc2-c2ccccc21)C(C)(C)C(=O)O. The molecule has 0 saturated carbocycles. The smallest absolute Gasteiger partial charge is 0.407 e. The second kappa shape index (κ2) is 10.1. The molecule has 2 amide bonds. The summed E-state index contributed by atoms with van der Waals surface area (Å²) in [5.41, 5.74) is 2.98. The molecule has 0 radical (unpaired) electrons. The molecule has 0 aliphatic heterocycles. The number of fused-ring (bicyclic) bond motifs is 3. The minimum absolute atomic E-state index is 0.0672. The molecule has 1 aliphatic rings. The van der Waals surface area contributed by atoms with Gasteiger partial charge in [0, 0.05) is 13.0 Å². The third-order valence-corrected chi connectivity index (χ3v) is 6.81. The second-order valence-corrected chi connectivity index (χ2v) is 10.9. The molecule has 2 aromatic rings. The lowest BCUT2D eigenvalue weighted by molar-refractivity contribution is -0.156. The minimum atomic E-state index is -1.42. The first-order chi connectivity index (χ1) is 16.3. The number of carboxylic acid groups (broad SMARTS) is 1. The summed E-state index contributed by atoms with van der Waals surface area (Å²) in [4.78, 5) is 38.9. The fourth-order valence-electron chi connectivity index (χ4n) is 4.27. The third-order valence-electron chi connectivity index (χ3n) is 6.81. The number of ether oxygens (including phenoxy) is 1. The van der Waals surface area contributed by atoms with Crippen LogP contribution in [0.15, 0.2) is 48.5 Å². The van der Waals surface area contributed by atoms with Crippen LogP contribution in [0.25, 0.3) is 11.1 Å². The molecule has 1 unspecified atom stereocenters. The van der Waals surface area contributed by atoms with Gasteiger partial charge in [-0.25, -0.2) is 9.59 Å². The highest BCUT2D eigenvalue weighted by atomic mass is 16.5. The number of rotatable bonds is 8. The Hall–Kier alpha value is -3.35. The number of aliphatic carboxylic acids is 1. The zero-order valence-electron chi connectivity index (χ0n) is 21.4. The molecule has 7 heteroatoms. The van der Waals surface area contributed by atoms with Crippen molar-refractivity contribution in [2.45, 2.75) is 65.0 Å².